The minimum Gasteiger partial charge on any atom is -0.481 e. The topological polar surface area (TPSA) is 95.5 Å². The molecule has 6 nitrogen and oxygen atoms in total. The van der Waals surface area contributed by atoms with Gasteiger partial charge in [-0.15, -0.1) is 0 Å². The first-order valence-corrected chi connectivity index (χ1v) is 16.0. The number of nitrogens with one attached hydrogen (secondary N) is 2. The minimum absolute atomic E-state index is 0.0313. The Morgan fingerprint density at radius 1 is 0.974 bits per heavy atom. The maximum Gasteiger partial charge on any atom is 0.303 e. The molecule has 0 aromatic heterocycles. The number of allylic oxidation sites excluding steroid dienone is 1. The monoisotopic (exact) mass is 542 g/mol. The quantitative estimate of drug-likeness (QED) is 0.190. The van der Waals surface area contributed by atoms with Gasteiger partial charge in [0, 0.05) is 18.9 Å². The molecule has 4 aliphatic carbocycles. The molecule has 7 unspecified atom stereocenters. The van der Waals surface area contributed by atoms with Crippen LogP contribution >= 0.6 is 0 Å². The molecule has 0 aromatic rings. The molecule has 0 aliphatic heterocycles. The van der Waals surface area contributed by atoms with E-state index >= 15 is 0 Å². The van der Waals surface area contributed by atoms with Crippen LogP contribution in [-0.4, -0.2) is 35.5 Å². The molecule has 4 rings (SSSR count). The zero-order valence-corrected chi connectivity index (χ0v) is 25.0. The van der Waals surface area contributed by atoms with Gasteiger partial charge in [0.1, 0.15) is 0 Å². The Kier molecular flexibility index (Phi) is 9.86. The second-order valence-electron chi connectivity index (χ2n) is 14.3. The second-order valence-corrected chi connectivity index (χ2v) is 14.3. The zero-order valence-electron chi connectivity index (χ0n) is 25.0. The van der Waals surface area contributed by atoms with Crippen LogP contribution in [0, 0.1) is 40.4 Å². The molecule has 3 saturated carbocycles. The lowest BCUT2D eigenvalue weighted by molar-refractivity contribution is -0.137. The van der Waals surface area contributed by atoms with Gasteiger partial charge in [-0.25, -0.2) is 0 Å². The van der Waals surface area contributed by atoms with E-state index in [0.29, 0.717) is 11.8 Å². The predicted octanol–water partition coefficient (Wildman–Crippen LogP) is 6.64. The minimum atomic E-state index is -0.907. The first kappa shape index (κ1) is 30.1. The number of hydrogen-bond donors (Lipinski definition) is 3. The van der Waals surface area contributed by atoms with E-state index in [2.05, 4.69) is 44.4 Å². The van der Waals surface area contributed by atoms with Gasteiger partial charge >= 0.3 is 5.97 Å². The number of amides is 2. The highest BCUT2D eigenvalue weighted by molar-refractivity contribution is 5.85. The SMILES string of the molecule is CC(C)CCCCC1CCC2C3CC=C4CC(NC(=O)CNC(=O)CCCC(=O)O)CCC4(C)C3CCC12C. The summed E-state index contributed by atoms with van der Waals surface area (Å²) in [5, 5.41) is 14.5. The van der Waals surface area contributed by atoms with E-state index in [0.717, 1.165) is 48.9 Å². The Hall–Kier alpha value is -1.85. The van der Waals surface area contributed by atoms with Gasteiger partial charge in [0.05, 0.1) is 6.54 Å². The van der Waals surface area contributed by atoms with Crippen LogP contribution in [0.1, 0.15) is 124 Å². The van der Waals surface area contributed by atoms with Gasteiger partial charge < -0.3 is 15.7 Å². The Morgan fingerprint density at radius 2 is 1.77 bits per heavy atom. The highest BCUT2D eigenvalue weighted by atomic mass is 16.4. The van der Waals surface area contributed by atoms with Crippen LogP contribution in [0.15, 0.2) is 11.6 Å². The van der Waals surface area contributed by atoms with Crippen molar-refractivity contribution in [3.05, 3.63) is 11.6 Å². The average molecular weight is 543 g/mol. The number of fused-ring (bicyclic) bond motifs is 5. The number of unbranched alkanes of at least 4 members (excludes halogenated alkanes) is 1. The van der Waals surface area contributed by atoms with Crippen molar-refractivity contribution in [2.24, 2.45) is 40.4 Å². The van der Waals surface area contributed by atoms with Crippen LogP contribution in [0.25, 0.3) is 0 Å². The summed E-state index contributed by atoms with van der Waals surface area (Å²) < 4.78 is 0. The van der Waals surface area contributed by atoms with E-state index in [1.54, 1.807) is 5.57 Å². The Balaban J connectivity index is 1.28. The number of aliphatic carboxylic acids is 1. The zero-order chi connectivity index (χ0) is 28.2. The van der Waals surface area contributed by atoms with Crippen molar-refractivity contribution in [2.75, 3.05) is 6.54 Å². The van der Waals surface area contributed by atoms with Crippen molar-refractivity contribution in [3.63, 3.8) is 0 Å². The Labute approximate surface area is 236 Å². The molecule has 4 aliphatic rings. The van der Waals surface area contributed by atoms with Crippen LogP contribution in [-0.2, 0) is 14.4 Å². The molecule has 0 saturated heterocycles. The van der Waals surface area contributed by atoms with Crippen LogP contribution in [0.2, 0.25) is 0 Å². The van der Waals surface area contributed by atoms with Gasteiger partial charge in [-0.05, 0) is 105 Å². The first-order valence-electron chi connectivity index (χ1n) is 16.0. The fraction of sp³-hybridized carbons (Fsp3) is 0.848. The molecule has 0 heterocycles. The highest BCUT2D eigenvalue weighted by Crippen LogP contribution is 2.66. The molecule has 39 heavy (non-hydrogen) atoms. The molecular formula is C33H54N2O4. The highest BCUT2D eigenvalue weighted by Gasteiger charge is 2.58. The third-order valence-electron chi connectivity index (χ3n) is 11.5. The molecule has 2 amide bonds. The number of carbonyl (C=O) groups is 3. The van der Waals surface area contributed by atoms with E-state index < -0.39 is 5.97 Å². The van der Waals surface area contributed by atoms with E-state index in [-0.39, 0.29) is 42.7 Å². The summed E-state index contributed by atoms with van der Waals surface area (Å²) in [6.07, 6.45) is 18.4. The number of carboxylic acid groups (broad SMARTS) is 1. The van der Waals surface area contributed by atoms with E-state index in [4.69, 9.17) is 5.11 Å². The van der Waals surface area contributed by atoms with Crippen molar-refractivity contribution in [1.29, 1.82) is 0 Å². The average Bonchev–Trinajstić information content (AvgIpc) is 3.21. The van der Waals surface area contributed by atoms with Gasteiger partial charge in [-0.3, -0.25) is 14.4 Å². The summed E-state index contributed by atoms with van der Waals surface area (Å²) in [4.78, 5) is 35.1. The summed E-state index contributed by atoms with van der Waals surface area (Å²) in [5.41, 5.74) is 2.35. The number of rotatable bonds is 12. The maximum atomic E-state index is 12.5. The molecule has 220 valence electrons. The summed E-state index contributed by atoms with van der Waals surface area (Å²) in [5.74, 6) is 2.88. The van der Waals surface area contributed by atoms with Crippen molar-refractivity contribution in [1.82, 2.24) is 10.6 Å². The lowest BCUT2D eigenvalue weighted by Crippen LogP contribution is -2.52. The lowest BCUT2D eigenvalue weighted by Gasteiger charge is -2.58. The molecule has 0 aromatic carbocycles. The lowest BCUT2D eigenvalue weighted by atomic mass is 9.47. The van der Waals surface area contributed by atoms with Crippen LogP contribution in [0.3, 0.4) is 0 Å². The van der Waals surface area contributed by atoms with Crippen molar-refractivity contribution >= 4 is 17.8 Å². The van der Waals surface area contributed by atoms with Crippen molar-refractivity contribution < 1.29 is 19.5 Å². The summed E-state index contributed by atoms with van der Waals surface area (Å²) >= 11 is 0. The van der Waals surface area contributed by atoms with Gasteiger partial charge in [0.15, 0.2) is 0 Å². The number of carboxylic acids is 1. The second kappa shape index (κ2) is 12.8. The Bertz CT molecular complexity index is 929. The van der Waals surface area contributed by atoms with E-state index in [1.165, 1.54) is 57.8 Å². The predicted molar refractivity (Wildman–Crippen MR) is 155 cm³/mol. The normalized spacial score (nSPS) is 35.4. The first-order chi connectivity index (χ1) is 18.5. The third-order valence-corrected chi connectivity index (χ3v) is 11.5. The van der Waals surface area contributed by atoms with Crippen LogP contribution < -0.4 is 10.6 Å². The fourth-order valence-electron chi connectivity index (χ4n) is 9.26. The summed E-state index contributed by atoms with van der Waals surface area (Å²) in [7, 11) is 0. The van der Waals surface area contributed by atoms with Gasteiger partial charge in [-0.1, -0.05) is 58.6 Å². The fourth-order valence-corrected chi connectivity index (χ4v) is 9.26. The number of hydrogen-bond acceptors (Lipinski definition) is 3. The van der Waals surface area contributed by atoms with Gasteiger partial charge in [-0.2, -0.15) is 0 Å². The van der Waals surface area contributed by atoms with Crippen LogP contribution in [0.5, 0.6) is 0 Å². The maximum absolute atomic E-state index is 12.5. The van der Waals surface area contributed by atoms with Crippen molar-refractivity contribution in [2.45, 2.75) is 130 Å². The molecule has 7 atom stereocenters. The standard InChI is InChI=1S/C33H54N2O4/c1-22(2)8-5-6-9-23-13-15-27-26-14-12-24-20-25(16-18-33(24,4)28(26)17-19-32(23,27)3)35-30(37)21-34-29(36)10-7-11-31(38)39/h12,22-23,25-28H,5-11,13-21H2,1-4H3,(H,34,36)(H,35,37)(H,38,39). The van der Waals surface area contributed by atoms with Gasteiger partial charge in [0.25, 0.3) is 0 Å². The van der Waals surface area contributed by atoms with E-state index in [9.17, 15) is 14.4 Å². The van der Waals surface area contributed by atoms with E-state index in [1.807, 2.05) is 0 Å². The summed E-state index contributed by atoms with van der Waals surface area (Å²) in [6.45, 7) is 9.81. The Morgan fingerprint density at radius 3 is 2.51 bits per heavy atom. The molecule has 6 heteroatoms. The molecule has 0 radical (unpaired) electrons. The molecule has 0 spiro atoms. The largest absolute Gasteiger partial charge is 0.481 e. The summed E-state index contributed by atoms with van der Waals surface area (Å²) in [6, 6.07) is 0.132. The third kappa shape index (κ3) is 6.90. The smallest absolute Gasteiger partial charge is 0.303 e. The van der Waals surface area contributed by atoms with Crippen LogP contribution in [0.4, 0.5) is 0 Å². The number of carbonyl (C=O) groups excluding carboxylic acids is 2. The molecule has 0 bridgehead atoms. The molecular weight excluding hydrogens is 488 g/mol. The van der Waals surface area contributed by atoms with Crippen molar-refractivity contribution in [3.8, 4) is 0 Å². The molecule has 3 N–H and O–H groups in total. The molecule has 3 fully saturated rings. The van der Waals surface area contributed by atoms with Gasteiger partial charge in [0.2, 0.25) is 11.8 Å².